The minimum atomic E-state index is -0.263. The second-order valence-corrected chi connectivity index (χ2v) is 7.57. The van der Waals surface area contributed by atoms with Crippen LogP contribution >= 0.6 is 0 Å². The van der Waals surface area contributed by atoms with Gasteiger partial charge in [0.2, 0.25) is 11.2 Å². The van der Waals surface area contributed by atoms with Crippen LogP contribution < -0.4 is 14.9 Å². The first-order valence-corrected chi connectivity index (χ1v) is 10.3. The Morgan fingerprint density at radius 2 is 1.93 bits per heavy atom. The van der Waals surface area contributed by atoms with Crippen molar-refractivity contribution in [3.63, 3.8) is 0 Å². The quantitative estimate of drug-likeness (QED) is 0.518. The van der Waals surface area contributed by atoms with Gasteiger partial charge in [0.1, 0.15) is 23.3 Å². The van der Waals surface area contributed by atoms with Crippen LogP contribution in [0.15, 0.2) is 64.0 Å². The van der Waals surface area contributed by atoms with Crippen LogP contribution in [0.25, 0.3) is 11.0 Å². The van der Waals surface area contributed by atoms with E-state index in [0.29, 0.717) is 28.4 Å². The molecular weight excluding hydrogens is 382 g/mol. The van der Waals surface area contributed by atoms with Crippen molar-refractivity contribution in [1.29, 1.82) is 0 Å². The maximum absolute atomic E-state index is 12.7. The maximum Gasteiger partial charge on any atom is 0.260 e. The van der Waals surface area contributed by atoms with Crippen molar-refractivity contribution in [1.82, 2.24) is 4.90 Å². The van der Waals surface area contributed by atoms with Crippen LogP contribution in [0.2, 0.25) is 0 Å². The van der Waals surface area contributed by atoms with Crippen molar-refractivity contribution >= 4 is 16.9 Å². The lowest BCUT2D eigenvalue weighted by atomic mass is 10.2. The number of hydrogen-bond donors (Lipinski definition) is 0. The number of hydrogen-bond acceptors (Lipinski definition) is 5. The highest BCUT2D eigenvalue weighted by atomic mass is 16.5. The Hall–Kier alpha value is -3.28. The van der Waals surface area contributed by atoms with Crippen LogP contribution in [-0.2, 0) is 4.79 Å². The highest BCUT2D eigenvalue weighted by molar-refractivity contribution is 5.80. The standard InChI is InChI=1S/C24H25NO5/c1-2-12-25(14-17-8-9-17)23(26)16-28-19-10-11-20-21(13-19)29-15-22(24(20)27)30-18-6-4-3-5-7-18/h3-7,10-11,13,15,17H,2,8-9,12,14,16H2,1H3. The summed E-state index contributed by atoms with van der Waals surface area (Å²) in [5, 5.41) is 0.392. The SMILES string of the molecule is CCCN(CC1CC1)C(=O)COc1ccc2c(=O)c(Oc3ccccc3)coc2c1. The van der Waals surface area contributed by atoms with Crippen LogP contribution in [0.1, 0.15) is 26.2 Å². The molecule has 4 rings (SSSR count). The molecule has 0 saturated heterocycles. The molecule has 1 aliphatic rings. The highest BCUT2D eigenvalue weighted by Crippen LogP contribution is 2.30. The third-order valence-electron chi connectivity index (χ3n) is 5.07. The second-order valence-electron chi connectivity index (χ2n) is 7.57. The number of ether oxygens (including phenoxy) is 2. The Labute approximate surface area is 175 Å². The van der Waals surface area contributed by atoms with Gasteiger partial charge in [-0.2, -0.15) is 0 Å². The van der Waals surface area contributed by atoms with Crippen molar-refractivity contribution in [2.24, 2.45) is 5.92 Å². The molecule has 6 heteroatoms. The molecule has 0 spiro atoms. The van der Waals surface area contributed by atoms with E-state index in [2.05, 4.69) is 6.92 Å². The summed E-state index contributed by atoms with van der Waals surface area (Å²) in [5.41, 5.74) is 0.120. The Balaban J connectivity index is 1.45. The van der Waals surface area contributed by atoms with Gasteiger partial charge in [-0.3, -0.25) is 9.59 Å². The largest absolute Gasteiger partial charge is 0.484 e. The molecular formula is C24H25NO5. The Bertz CT molecular complexity index is 1070. The zero-order valence-electron chi connectivity index (χ0n) is 17.0. The van der Waals surface area contributed by atoms with Crippen LogP contribution in [0.3, 0.4) is 0 Å². The van der Waals surface area contributed by atoms with E-state index in [1.807, 2.05) is 23.1 Å². The number of amides is 1. The summed E-state index contributed by atoms with van der Waals surface area (Å²) < 4.78 is 16.9. The average Bonchev–Trinajstić information content (AvgIpc) is 3.58. The molecule has 1 heterocycles. The molecule has 1 fully saturated rings. The lowest BCUT2D eigenvalue weighted by Gasteiger charge is -2.22. The molecule has 0 aliphatic heterocycles. The predicted octanol–water partition coefficient (Wildman–Crippen LogP) is 4.61. The monoisotopic (exact) mass is 407 g/mol. The molecule has 0 N–H and O–H groups in total. The molecule has 1 aliphatic carbocycles. The van der Waals surface area contributed by atoms with Crippen LogP contribution in [0, 0.1) is 5.92 Å². The van der Waals surface area contributed by atoms with Gasteiger partial charge in [0.25, 0.3) is 5.91 Å². The summed E-state index contributed by atoms with van der Waals surface area (Å²) >= 11 is 0. The Morgan fingerprint density at radius 1 is 1.13 bits per heavy atom. The minimum absolute atomic E-state index is 0.0168. The fourth-order valence-electron chi connectivity index (χ4n) is 3.30. The normalized spacial score (nSPS) is 13.2. The van der Waals surface area contributed by atoms with Crippen molar-refractivity contribution in [3.8, 4) is 17.2 Å². The molecule has 6 nitrogen and oxygen atoms in total. The maximum atomic E-state index is 12.7. The molecule has 0 unspecified atom stereocenters. The summed E-state index contributed by atoms with van der Waals surface area (Å²) in [6.45, 7) is 3.59. The van der Waals surface area contributed by atoms with Crippen LogP contribution in [-0.4, -0.2) is 30.5 Å². The van der Waals surface area contributed by atoms with Crippen molar-refractivity contribution in [2.45, 2.75) is 26.2 Å². The molecule has 1 saturated carbocycles. The van der Waals surface area contributed by atoms with Gasteiger partial charge >= 0.3 is 0 Å². The topological polar surface area (TPSA) is 69.0 Å². The number of rotatable bonds is 9. The van der Waals surface area contributed by atoms with Crippen LogP contribution in [0.5, 0.6) is 17.2 Å². The van der Waals surface area contributed by atoms with E-state index < -0.39 is 0 Å². The molecule has 2 aromatic carbocycles. The number of benzene rings is 2. The fraction of sp³-hybridized carbons (Fsp3) is 0.333. The summed E-state index contributed by atoms with van der Waals surface area (Å²) in [6, 6.07) is 14.0. The van der Waals surface area contributed by atoms with Gasteiger partial charge in [0, 0.05) is 19.2 Å². The Morgan fingerprint density at radius 3 is 2.67 bits per heavy atom. The first-order valence-electron chi connectivity index (χ1n) is 10.3. The number of carbonyl (C=O) groups excluding carboxylic acids is 1. The molecule has 0 radical (unpaired) electrons. The van der Waals surface area contributed by atoms with Crippen molar-refractivity contribution in [3.05, 3.63) is 65.0 Å². The third-order valence-corrected chi connectivity index (χ3v) is 5.07. The molecule has 1 aromatic heterocycles. The van der Waals surface area contributed by atoms with Gasteiger partial charge < -0.3 is 18.8 Å². The van der Waals surface area contributed by atoms with Crippen molar-refractivity contribution in [2.75, 3.05) is 19.7 Å². The van der Waals surface area contributed by atoms with E-state index in [0.717, 1.165) is 19.5 Å². The van der Waals surface area contributed by atoms with Gasteiger partial charge in [-0.05, 0) is 49.4 Å². The van der Waals surface area contributed by atoms with E-state index in [1.165, 1.54) is 19.1 Å². The second kappa shape index (κ2) is 9.03. The molecule has 0 atom stereocenters. The van der Waals surface area contributed by atoms with E-state index in [4.69, 9.17) is 13.9 Å². The first kappa shape index (κ1) is 20.0. The van der Waals surface area contributed by atoms with Crippen LogP contribution in [0.4, 0.5) is 0 Å². The molecule has 156 valence electrons. The first-order chi connectivity index (χ1) is 14.6. The molecule has 1 amide bonds. The molecule has 0 bridgehead atoms. The summed E-state index contributed by atoms with van der Waals surface area (Å²) in [6.07, 6.45) is 4.63. The van der Waals surface area contributed by atoms with E-state index in [9.17, 15) is 9.59 Å². The van der Waals surface area contributed by atoms with E-state index in [1.54, 1.807) is 30.3 Å². The number of carbonyl (C=O) groups is 1. The van der Waals surface area contributed by atoms with Gasteiger partial charge in [-0.15, -0.1) is 0 Å². The van der Waals surface area contributed by atoms with Gasteiger partial charge in [-0.25, -0.2) is 0 Å². The summed E-state index contributed by atoms with van der Waals surface area (Å²) in [5.74, 6) is 1.79. The molecule has 3 aromatic rings. The third kappa shape index (κ3) is 4.82. The highest BCUT2D eigenvalue weighted by Gasteiger charge is 2.26. The van der Waals surface area contributed by atoms with E-state index >= 15 is 0 Å². The zero-order chi connectivity index (χ0) is 20.9. The van der Waals surface area contributed by atoms with Gasteiger partial charge in [0.15, 0.2) is 6.61 Å². The van der Waals surface area contributed by atoms with Gasteiger partial charge in [-0.1, -0.05) is 25.1 Å². The van der Waals surface area contributed by atoms with Crippen molar-refractivity contribution < 1.29 is 18.7 Å². The smallest absolute Gasteiger partial charge is 0.260 e. The minimum Gasteiger partial charge on any atom is -0.484 e. The summed E-state index contributed by atoms with van der Waals surface area (Å²) in [4.78, 5) is 27.1. The average molecular weight is 407 g/mol. The lowest BCUT2D eigenvalue weighted by molar-refractivity contribution is -0.133. The fourth-order valence-corrected chi connectivity index (χ4v) is 3.30. The predicted molar refractivity (Wildman–Crippen MR) is 114 cm³/mol. The summed E-state index contributed by atoms with van der Waals surface area (Å²) in [7, 11) is 0. The van der Waals surface area contributed by atoms with E-state index in [-0.39, 0.29) is 23.7 Å². The zero-order valence-corrected chi connectivity index (χ0v) is 17.0. The molecule has 30 heavy (non-hydrogen) atoms. The number of para-hydroxylation sites is 1. The number of fused-ring (bicyclic) bond motifs is 1. The number of nitrogens with zero attached hydrogens (tertiary/aromatic N) is 1. The van der Waals surface area contributed by atoms with Gasteiger partial charge in [0.05, 0.1) is 5.39 Å². The lowest BCUT2D eigenvalue weighted by Crippen LogP contribution is -2.37. The Kier molecular flexibility index (Phi) is 6.02.